The molecule has 150 valence electrons. The predicted octanol–water partition coefficient (Wildman–Crippen LogP) is 4.67. The monoisotopic (exact) mass is 403 g/mol. The van der Waals surface area contributed by atoms with Crippen molar-refractivity contribution in [2.24, 2.45) is 0 Å². The van der Waals surface area contributed by atoms with Gasteiger partial charge in [-0.1, -0.05) is 17.7 Å². The van der Waals surface area contributed by atoms with Gasteiger partial charge in [0.15, 0.2) is 11.5 Å². The maximum absolute atomic E-state index is 12.5. The number of ether oxygens (including phenoxy) is 3. The third-order valence-corrected chi connectivity index (χ3v) is 4.37. The minimum atomic E-state index is -0.148. The van der Waals surface area contributed by atoms with Gasteiger partial charge in [-0.25, -0.2) is 0 Å². The van der Waals surface area contributed by atoms with E-state index in [1.54, 1.807) is 38.5 Å². The zero-order chi connectivity index (χ0) is 20.4. The molecule has 0 unspecified atom stereocenters. The second-order valence-electron chi connectivity index (χ2n) is 6.13. The molecule has 28 heavy (non-hydrogen) atoms. The van der Waals surface area contributed by atoms with Crippen LogP contribution in [0.5, 0.6) is 17.2 Å². The Balaban J connectivity index is 1.82. The van der Waals surface area contributed by atoms with E-state index >= 15 is 0 Å². The Hall–Kier alpha value is -2.66. The molecule has 5 nitrogen and oxygen atoms in total. The zero-order valence-electron chi connectivity index (χ0n) is 16.3. The van der Waals surface area contributed by atoms with Gasteiger partial charge < -0.3 is 19.5 Å². The predicted molar refractivity (Wildman–Crippen MR) is 112 cm³/mol. The first kappa shape index (κ1) is 21.6. The molecule has 2 aromatic carbocycles. The molecule has 0 aromatic heterocycles. The summed E-state index contributed by atoms with van der Waals surface area (Å²) in [5, 5.41) is 3.61. The number of halogens is 1. The molecule has 0 saturated carbocycles. The fourth-order valence-corrected chi connectivity index (χ4v) is 2.86. The quantitative estimate of drug-likeness (QED) is 0.437. The fraction of sp³-hybridized carbons (Fsp3) is 0.318. The third kappa shape index (κ3) is 6.20. The highest BCUT2D eigenvalue weighted by atomic mass is 35.5. The summed E-state index contributed by atoms with van der Waals surface area (Å²) in [5.74, 6) is 1.79. The van der Waals surface area contributed by atoms with E-state index in [1.165, 1.54) is 0 Å². The van der Waals surface area contributed by atoms with E-state index in [9.17, 15) is 4.79 Å². The molecule has 0 spiro atoms. The van der Waals surface area contributed by atoms with Crippen molar-refractivity contribution in [3.63, 3.8) is 0 Å². The number of hydrogen-bond donors (Lipinski definition) is 1. The second kappa shape index (κ2) is 11.2. The topological polar surface area (TPSA) is 56.8 Å². The molecule has 2 aromatic rings. The van der Waals surface area contributed by atoms with Crippen LogP contribution in [0.1, 0.15) is 28.8 Å². The summed E-state index contributed by atoms with van der Waals surface area (Å²) in [5.41, 5.74) is 1.39. The van der Waals surface area contributed by atoms with Gasteiger partial charge in [-0.3, -0.25) is 4.79 Å². The van der Waals surface area contributed by atoms with Gasteiger partial charge in [0, 0.05) is 22.7 Å². The number of methoxy groups -OCH3 is 2. The molecule has 6 heteroatoms. The van der Waals surface area contributed by atoms with E-state index in [-0.39, 0.29) is 5.91 Å². The van der Waals surface area contributed by atoms with Crippen LogP contribution in [0.15, 0.2) is 49.1 Å². The largest absolute Gasteiger partial charge is 0.494 e. The van der Waals surface area contributed by atoms with Crippen LogP contribution in [0.2, 0.25) is 5.02 Å². The number of nitrogens with one attached hydrogen (secondary N) is 1. The van der Waals surface area contributed by atoms with Gasteiger partial charge in [0.1, 0.15) is 5.75 Å². The first-order valence-electron chi connectivity index (χ1n) is 9.11. The van der Waals surface area contributed by atoms with Crippen molar-refractivity contribution in [3.05, 3.63) is 65.2 Å². The molecule has 2 rings (SSSR count). The molecule has 1 N–H and O–H groups in total. The summed E-state index contributed by atoms with van der Waals surface area (Å²) in [7, 11) is 3.13. The molecular formula is C22H26ClNO4. The summed E-state index contributed by atoms with van der Waals surface area (Å²) in [4.78, 5) is 12.5. The molecule has 0 atom stereocenters. The van der Waals surface area contributed by atoms with Crippen LogP contribution >= 0.6 is 11.6 Å². The van der Waals surface area contributed by atoms with Crippen molar-refractivity contribution >= 4 is 17.5 Å². The normalized spacial score (nSPS) is 10.2. The van der Waals surface area contributed by atoms with E-state index in [0.717, 1.165) is 24.2 Å². The van der Waals surface area contributed by atoms with Crippen molar-refractivity contribution < 1.29 is 19.0 Å². The van der Waals surface area contributed by atoms with Gasteiger partial charge in [0.25, 0.3) is 5.91 Å². The summed E-state index contributed by atoms with van der Waals surface area (Å²) in [6.07, 6.45) is 3.99. The van der Waals surface area contributed by atoms with Gasteiger partial charge in [0.2, 0.25) is 0 Å². The number of benzene rings is 2. The van der Waals surface area contributed by atoms with E-state index in [0.29, 0.717) is 41.7 Å². The van der Waals surface area contributed by atoms with Crippen LogP contribution in [0.4, 0.5) is 0 Å². The molecule has 0 aliphatic carbocycles. The molecular weight excluding hydrogens is 378 g/mol. The van der Waals surface area contributed by atoms with Gasteiger partial charge in [-0.2, -0.15) is 0 Å². The molecule has 0 saturated heterocycles. The second-order valence-corrected chi connectivity index (χ2v) is 6.57. The van der Waals surface area contributed by atoms with Crippen LogP contribution in [-0.4, -0.2) is 33.3 Å². The lowest BCUT2D eigenvalue weighted by Gasteiger charge is -2.14. The minimum Gasteiger partial charge on any atom is -0.494 e. The number of carbonyl (C=O) groups excluding carboxylic acids is 1. The lowest BCUT2D eigenvalue weighted by Crippen LogP contribution is -2.25. The van der Waals surface area contributed by atoms with Crippen LogP contribution in [0, 0.1) is 0 Å². The van der Waals surface area contributed by atoms with Crippen LogP contribution in [0.3, 0.4) is 0 Å². The third-order valence-electron chi connectivity index (χ3n) is 4.12. The fourth-order valence-electron chi connectivity index (χ4n) is 2.73. The van der Waals surface area contributed by atoms with Crippen LogP contribution < -0.4 is 19.5 Å². The molecule has 0 fully saturated rings. The Bertz CT molecular complexity index is 790. The summed E-state index contributed by atoms with van der Waals surface area (Å²) in [6, 6.07) is 10.7. The number of unbranched alkanes of at least 4 members (excludes halogenated alkanes) is 1. The van der Waals surface area contributed by atoms with Crippen LogP contribution in [0.25, 0.3) is 0 Å². The van der Waals surface area contributed by atoms with E-state index in [2.05, 4.69) is 11.9 Å². The maximum atomic E-state index is 12.5. The van der Waals surface area contributed by atoms with Crippen LogP contribution in [-0.2, 0) is 6.42 Å². The Morgan fingerprint density at radius 3 is 2.54 bits per heavy atom. The molecule has 0 heterocycles. The molecule has 0 aliphatic heterocycles. The Labute approximate surface area is 171 Å². The highest BCUT2D eigenvalue weighted by Crippen LogP contribution is 2.33. The lowest BCUT2D eigenvalue weighted by atomic mass is 10.0. The summed E-state index contributed by atoms with van der Waals surface area (Å²) >= 11 is 5.84. The Morgan fingerprint density at radius 2 is 1.89 bits per heavy atom. The van der Waals surface area contributed by atoms with Crippen molar-refractivity contribution in [1.82, 2.24) is 5.32 Å². The van der Waals surface area contributed by atoms with Crippen molar-refractivity contribution in [3.8, 4) is 17.2 Å². The minimum absolute atomic E-state index is 0.148. The number of carbonyl (C=O) groups is 1. The van der Waals surface area contributed by atoms with Crippen molar-refractivity contribution in [2.75, 3.05) is 27.4 Å². The Kier molecular flexibility index (Phi) is 8.69. The maximum Gasteiger partial charge on any atom is 0.251 e. The van der Waals surface area contributed by atoms with E-state index in [1.807, 2.05) is 18.2 Å². The Morgan fingerprint density at radius 1 is 1.14 bits per heavy atom. The lowest BCUT2D eigenvalue weighted by molar-refractivity contribution is 0.0952. The highest BCUT2D eigenvalue weighted by Gasteiger charge is 2.15. The van der Waals surface area contributed by atoms with Gasteiger partial charge in [0.05, 0.1) is 20.8 Å². The first-order valence-corrected chi connectivity index (χ1v) is 9.49. The number of rotatable bonds is 11. The van der Waals surface area contributed by atoms with E-state index < -0.39 is 0 Å². The van der Waals surface area contributed by atoms with Crippen molar-refractivity contribution in [1.29, 1.82) is 0 Å². The number of hydrogen-bond acceptors (Lipinski definition) is 4. The number of amides is 1. The highest BCUT2D eigenvalue weighted by molar-refractivity contribution is 6.30. The average molecular weight is 404 g/mol. The molecule has 0 radical (unpaired) electrons. The SMILES string of the molecule is C=CCc1cc(C(=O)NCCCCOc2ccc(Cl)cc2)cc(OC)c1OC. The van der Waals surface area contributed by atoms with Crippen molar-refractivity contribution in [2.45, 2.75) is 19.3 Å². The smallest absolute Gasteiger partial charge is 0.251 e. The van der Waals surface area contributed by atoms with E-state index in [4.69, 9.17) is 25.8 Å². The molecule has 1 amide bonds. The first-order chi connectivity index (χ1) is 13.6. The van der Waals surface area contributed by atoms with Gasteiger partial charge in [-0.05, 0) is 55.7 Å². The van der Waals surface area contributed by atoms with Gasteiger partial charge >= 0.3 is 0 Å². The average Bonchev–Trinajstić information content (AvgIpc) is 2.71. The zero-order valence-corrected chi connectivity index (χ0v) is 17.1. The molecule has 0 bridgehead atoms. The number of allylic oxidation sites excluding steroid dienone is 1. The van der Waals surface area contributed by atoms with Gasteiger partial charge in [-0.15, -0.1) is 6.58 Å². The molecule has 0 aliphatic rings. The summed E-state index contributed by atoms with van der Waals surface area (Å²) < 4.78 is 16.4. The summed E-state index contributed by atoms with van der Waals surface area (Å²) in [6.45, 7) is 4.89. The standard InChI is InChI=1S/C22H26ClNO4/c1-4-7-16-14-17(15-20(26-2)21(16)27-3)22(25)24-12-5-6-13-28-19-10-8-18(23)9-11-19/h4,8-11,14-15H,1,5-7,12-13H2,2-3H3,(H,24,25).